The molecule has 1 amide bonds. The average Bonchev–Trinajstić information content (AvgIpc) is 3.15. The maximum absolute atomic E-state index is 13.3. The van der Waals surface area contributed by atoms with Gasteiger partial charge in [-0.15, -0.1) is 0 Å². The first-order valence-electron chi connectivity index (χ1n) is 7.28. The number of carbonyl (C=O) groups is 1. The number of hydrogen-bond acceptors (Lipinski definition) is 4. The van der Waals surface area contributed by atoms with Gasteiger partial charge in [-0.1, -0.05) is 6.07 Å². The van der Waals surface area contributed by atoms with Gasteiger partial charge in [0.1, 0.15) is 18.0 Å². The van der Waals surface area contributed by atoms with Crippen molar-refractivity contribution >= 4 is 5.91 Å². The summed E-state index contributed by atoms with van der Waals surface area (Å²) in [6, 6.07) is 7.75. The predicted octanol–water partition coefficient (Wildman–Crippen LogP) is 1.83. The summed E-state index contributed by atoms with van der Waals surface area (Å²) in [7, 11) is 0. The average molecular weight is 326 g/mol. The van der Waals surface area contributed by atoms with Gasteiger partial charge >= 0.3 is 0 Å². The number of halogens is 1. The van der Waals surface area contributed by atoms with Crippen LogP contribution in [0.15, 0.2) is 55.2 Å². The Bertz CT molecular complexity index is 832. The van der Waals surface area contributed by atoms with Gasteiger partial charge in [-0.25, -0.2) is 14.4 Å². The summed E-state index contributed by atoms with van der Waals surface area (Å²) in [6.45, 7) is -0.150. The Morgan fingerprint density at radius 1 is 1.29 bits per heavy atom. The molecule has 122 valence electrons. The van der Waals surface area contributed by atoms with Crippen molar-refractivity contribution in [2.75, 3.05) is 0 Å². The third-order valence-electron chi connectivity index (χ3n) is 3.51. The fourth-order valence-corrected chi connectivity index (χ4v) is 2.21. The number of nitrogens with one attached hydrogen (secondary N) is 1. The van der Waals surface area contributed by atoms with Crippen molar-refractivity contribution in [2.24, 2.45) is 0 Å². The monoisotopic (exact) mass is 326 g/mol. The minimum absolute atomic E-state index is 0.202. The molecule has 0 fully saturated rings. The van der Waals surface area contributed by atoms with Crippen LogP contribution in [0.1, 0.15) is 21.5 Å². The lowest BCUT2D eigenvalue weighted by atomic mass is 10.1. The Labute approximate surface area is 137 Å². The van der Waals surface area contributed by atoms with E-state index in [1.165, 1.54) is 18.3 Å². The molecule has 0 saturated heterocycles. The Morgan fingerprint density at radius 2 is 2.17 bits per heavy atom. The maximum Gasteiger partial charge on any atom is 0.253 e. The number of imidazole rings is 1. The van der Waals surface area contributed by atoms with Gasteiger partial charge in [0.15, 0.2) is 0 Å². The highest BCUT2D eigenvalue weighted by molar-refractivity contribution is 5.93. The Hall–Kier alpha value is -3.06. The normalized spacial score (nSPS) is 10.6. The van der Waals surface area contributed by atoms with Crippen molar-refractivity contribution in [3.63, 3.8) is 0 Å². The highest BCUT2D eigenvalue weighted by Crippen LogP contribution is 2.11. The molecule has 0 unspecified atom stereocenters. The number of pyridine rings is 1. The molecule has 24 heavy (non-hydrogen) atoms. The number of aromatic nitrogens is 3. The quantitative estimate of drug-likeness (QED) is 0.749. The van der Waals surface area contributed by atoms with Crippen molar-refractivity contribution < 1.29 is 14.3 Å². The van der Waals surface area contributed by atoms with E-state index in [-0.39, 0.29) is 24.6 Å². The van der Waals surface area contributed by atoms with Gasteiger partial charge in [0.05, 0.1) is 12.2 Å². The van der Waals surface area contributed by atoms with Crippen LogP contribution < -0.4 is 5.32 Å². The highest BCUT2D eigenvalue weighted by Gasteiger charge is 2.08. The Kier molecular flexibility index (Phi) is 4.62. The van der Waals surface area contributed by atoms with E-state index in [1.54, 1.807) is 41.5 Å². The fourth-order valence-electron chi connectivity index (χ4n) is 2.21. The van der Waals surface area contributed by atoms with Crippen LogP contribution in [0, 0.1) is 5.82 Å². The molecule has 0 spiro atoms. The second kappa shape index (κ2) is 7.01. The molecule has 2 N–H and O–H groups in total. The molecule has 7 heteroatoms. The molecule has 0 aliphatic heterocycles. The molecule has 0 bridgehead atoms. The summed E-state index contributed by atoms with van der Waals surface area (Å²) >= 11 is 0. The van der Waals surface area contributed by atoms with E-state index in [4.69, 9.17) is 5.11 Å². The zero-order valence-electron chi connectivity index (χ0n) is 12.7. The Balaban J connectivity index is 1.65. The third kappa shape index (κ3) is 3.47. The lowest BCUT2D eigenvalue weighted by molar-refractivity contribution is 0.0950. The largest absolute Gasteiger partial charge is 0.392 e. The van der Waals surface area contributed by atoms with Gasteiger partial charge in [0.2, 0.25) is 0 Å². The molecule has 3 aromatic rings. The van der Waals surface area contributed by atoms with Crippen LogP contribution in [0.4, 0.5) is 4.39 Å². The van der Waals surface area contributed by atoms with Crippen LogP contribution in [0.3, 0.4) is 0 Å². The molecular weight excluding hydrogens is 311 g/mol. The molecule has 2 aromatic heterocycles. The van der Waals surface area contributed by atoms with Gasteiger partial charge in [-0.05, 0) is 29.8 Å². The molecule has 0 atom stereocenters. The number of aliphatic hydroxyl groups excluding tert-OH is 1. The molecule has 0 radical (unpaired) electrons. The van der Waals surface area contributed by atoms with E-state index in [0.29, 0.717) is 16.9 Å². The molecule has 3 rings (SSSR count). The number of benzene rings is 1. The van der Waals surface area contributed by atoms with E-state index in [1.807, 2.05) is 0 Å². The van der Waals surface area contributed by atoms with Crippen LogP contribution in [0.25, 0.3) is 5.82 Å². The lowest BCUT2D eigenvalue weighted by Crippen LogP contribution is -2.23. The maximum atomic E-state index is 13.3. The van der Waals surface area contributed by atoms with Gasteiger partial charge in [0, 0.05) is 30.7 Å². The van der Waals surface area contributed by atoms with Crippen LogP contribution in [-0.2, 0) is 13.2 Å². The molecule has 0 saturated carbocycles. The molecule has 6 nitrogen and oxygen atoms in total. The summed E-state index contributed by atoms with van der Waals surface area (Å²) in [5, 5.41) is 11.8. The van der Waals surface area contributed by atoms with Gasteiger partial charge in [-0.2, -0.15) is 0 Å². The first-order chi connectivity index (χ1) is 11.7. The standard InChI is InChI=1S/C17H15FN4O2/c18-15-3-1-12(7-14(15)10-23)8-21-17(24)13-2-4-16(20-9-13)22-6-5-19-11-22/h1-7,9,11,23H,8,10H2,(H,21,24). The topological polar surface area (TPSA) is 80.0 Å². The second-order valence-corrected chi connectivity index (χ2v) is 5.14. The summed E-state index contributed by atoms with van der Waals surface area (Å²) in [5.74, 6) is -0.0865. The van der Waals surface area contributed by atoms with E-state index >= 15 is 0 Å². The van der Waals surface area contributed by atoms with Crippen LogP contribution >= 0.6 is 0 Å². The van der Waals surface area contributed by atoms with E-state index in [2.05, 4.69) is 15.3 Å². The molecule has 1 aromatic carbocycles. The zero-order valence-corrected chi connectivity index (χ0v) is 12.7. The summed E-state index contributed by atoms with van der Waals surface area (Å²) in [4.78, 5) is 20.3. The molecular formula is C17H15FN4O2. The predicted molar refractivity (Wildman–Crippen MR) is 84.9 cm³/mol. The van der Waals surface area contributed by atoms with E-state index in [0.717, 1.165) is 0 Å². The first-order valence-corrected chi connectivity index (χ1v) is 7.28. The zero-order chi connectivity index (χ0) is 16.9. The van der Waals surface area contributed by atoms with E-state index < -0.39 is 5.82 Å². The Morgan fingerprint density at radius 3 is 2.83 bits per heavy atom. The summed E-state index contributed by atoms with van der Waals surface area (Å²) in [5.41, 5.74) is 1.33. The minimum Gasteiger partial charge on any atom is -0.392 e. The lowest BCUT2D eigenvalue weighted by Gasteiger charge is -2.08. The third-order valence-corrected chi connectivity index (χ3v) is 3.51. The van der Waals surface area contributed by atoms with E-state index in [9.17, 15) is 9.18 Å². The molecule has 0 aliphatic rings. The van der Waals surface area contributed by atoms with Gasteiger partial charge in [0.25, 0.3) is 5.91 Å². The number of amides is 1. The van der Waals surface area contributed by atoms with Crippen LogP contribution in [-0.4, -0.2) is 25.5 Å². The summed E-state index contributed by atoms with van der Waals surface area (Å²) in [6.07, 6.45) is 6.50. The van der Waals surface area contributed by atoms with Gasteiger partial charge < -0.3 is 10.4 Å². The fraction of sp³-hybridized carbons (Fsp3) is 0.118. The number of hydrogen-bond donors (Lipinski definition) is 2. The van der Waals surface area contributed by atoms with Crippen LogP contribution in [0.2, 0.25) is 0 Å². The van der Waals surface area contributed by atoms with Crippen molar-refractivity contribution in [1.82, 2.24) is 19.9 Å². The van der Waals surface area contributed by atoms with Crippen molar-refractivity contribution in [2.45, 2.75) is 13.2 Å². The number of rotatable bonds is 5. The first kappa shape index (κ1) is 15.8. The smallest absolute Gasteiger partial charge is 0.253 e. The number of nitrogens with zero attached hydrogens (tertiary/aromatic N) is 3. The van der Waals surface area contributed by atoms with Gasteiger partial charge in [-0.3, -0.25) is 9.36 Å². The highest BCUT2D eigenvalue weighted by atomic mass is 19.1. The minimum atomic E-state index is -0.466. The molecule has 0 aliphatic carbocycles. The SMILES string of the molecule is O=C(NCc1ccc(F)c(CO)c1)c1ccc(-n2ccnc2)nc1. The summed E-state index contributed by atoms with van der Waals surface area (Å²) < 4.78 is 15.1. The van der Waals surface area contributed by atoms with Crippen molar-refractivity contribution in [3.8, 4) is 5.82 Å². The molecule has 2 heterocycles. The van der Waals surface area contributed by atoms with Crippen molar-refractivity contribution in [1.29, 1.82) is 0 Å². The van der Waals surface area contributed by atoms with Crippen molar-refractivity contribution in [3.05, 3.63) is 77.8 Å². The number of carbonyl (C=O) groups excluding carboxylic acids is 1. The number of aliphatic hydroxyl groups is 1. The van der Waals surface area contributed by atoms with Crippen LogP contribution in [0.5, 0.6) is 0 Å². The second-order valence-electron chi connectivity index (χ2n) is 5.14.